The minimum absolute atomic E-state index is 0.0658. The second-order valence-corrected chi connectivity index (χ2v) is 4.63. The first-order valence-corrected chi connectivity index (χ1v) is 6.24. The molecule has 4 nitrogen and oxygen atoms in total. The summed E-state index contributed by atoms with van der Waals surface area (Å²) in [6, 6.07) is 10.1. The first-order chi connectivity index (χ1) is 8.74. The molecule has 2 N–H and O–H groups in total. The van der Waals surface area contributed by atoms with Gasteiger partial charge in [0.25, 0.3) is 0 Å². The Labute approximate surface area is 107 Å². The molecule has 0 saturated carbocycles. The number of aliphatic hydroxyl groups is 1. The highest BCUT2D eigenvalue weighted by atomic mass is 16.5. The van der Waals surface area contributed by atoms with Gasteiger partial charge in [-0.05, 0) is 19.0 Å². The van der Waals surface area contributed by atoms with Gasteiger partial charge >= 0.3 is 0 Å². The van der Waals surface area contributed by atoms with E-state index in [0.717, 1.165) is 11.3 Å². The van der Waals surface area contributed by atoms with Crippen molar-refractivity contribution in [1.29, 1.82) is 5.26 Å². The van der Waals surface area contributed by atoms with E-state index in [1.54, 1.807) is 0 Å². The summed E-state index contributed by atoms with van der Waals surface area (Å²) in [6.45, 7) is 3.27. The summed E-state index contributed by atoms with van der Waals surface area (Å²) in [4.78, 5) is 0. The predicted molar refractivity (Wildman–Crippen MR) is 68.1 cm³/mol. The van der Waals surface area contributed by atoms with Crippen molar-refractivity contribution in [3.8, 4) is 11.8 Å². The van der Waals surface area contributed by atoms with Gasteiger partial charge < -0.3 is 9.84 Å². The smallest absolute Gasteiger partial charge is 0.141 e. The molecule has 4 heteroatoms. The van der Waals surface area contributed by atoms with Gasteiger partial charge in [-0.2, -0.15) is 5.26 Å². The molecule has 1 aliphatic heterocycles. The summed E-state index contributed by atoms with van der Waals surface area (Å²) in [7, 11) is 0. The van der Waals surface area contributed by atoms with Crippen LogP contribution in [0.15, 0.2) is 24.3 Å². The zero-order chi connectivity index (χ0) is 13.0. The lowest BCUT2D eigenvalue weighted by atomic mass is 9.78. The van der Waals surface area contributed by atoms with Crippen molar-refractivity contribution in [2.24, 2.45) is 5.92 Å². The summed E-state index contributed by atoms with van der Waals surface area (Å²) in [5.41, 5.74) is 0.175. The van der Waals surface area contributed by atoms with Crippen LogP contribution in [0.3, 0.4) is 0 Å². The third-order valence-electron chi connectivity index (χ3n) is 3.46. The topological polar surface area (TPSA) is 65.3 Å². The van der Waals surface area contributed by atoms with Gasteiger partial charge in [-0.1, -0.05) is 25.1 Å². The fourth-order valence-electron chi connectivity index (χ4n) is 2.37. The van der Waals surface area contributed by atoms with Crippen LogP contribution >= 0.6 is 0 Å². The van der Waals surface area contributed by atoms with Gasteiger partial charge in [0, 0.05) is 18.1 Å². The highest BCUT2D eigenvalue weighted by molar-refractivity contribution is 5.45. The van der Waals surface area contributed by atoms with E-state index in [0.29, 0.717) is 19.6 Å². The second-order valence-electron chi connectivity index (χ2n) is 4.63. The summed E-state index contributed by atoms with van der Waals surface area (Å²) < 4.78 is 5.66. The average Bonchev–Trinajstić information content (AvgIpc) is 2.42. The summed E-state index contributed by atoms with van der Waals surface area (Å²) in [6.07, 6.45) is 0.638. The van der Waals surface area contributed by atoms with Gasteiger partial charge in [-0.15, -0.1) is 0 Å². The maximum absolute atomic E-state index is 9.63. The third-order valence-corrected chi connectivity index (χ3v) is 3.46. The van der Waals surface area contributed by atoms with E-state index < -0.39 is 5.54 Å². The zero-order valence-corrected chi connectivity index (χ0v) is 10.5. The number of rotatable bonds is 4. The maximum atomic E-state index is 9.63. The number of ether oxygens (including phenoxy) is 1. The lowest BCUT2D eigenvalue weighted by Crippen LogP contribution is -2.51. The molecule has 1 aromatic carbocycles. The molecule has 0 fully saturated rings. The number of hydrogen-bond donors (Lipinski definition) is 2. The molecule has 96 valence electrons. The number of hydrogen-bond acceptors (Lipinski definition) is 4. The second kappa shape index (κ2) is 5.38. The lowest BCUT2D eigenvalue weighted by molar-refractivity contribution is 0.148. The van der Waals surface area contributed by atoms with Gasteiger partial charge in [0.1, 0.15) is 11.3 Å². The minimum Gasteiger partial charge on any atom is -0.493 e. The van der Waals surface area contributed by atoms with Crippen LogP contribution < -0.4 is 10.1 Å². The molecule has 0 bridgehead atoms. The number of nitrogens with zero attached hydrogens (tertiary/aromatic N) is 1. The SMILES string of the molecule is CC1COc2ccccc2C1(C#N)NCCCO. The van der Waals surface area contributed by atoms with Crippen molar-refractivity contribution in [2.75, 3.05) is 19.8 Å². The highest BCUT2D eigenvalue weighted by Gasteiger charge is 2.43. The third kappa shape index (κ3) is 2.07. The molecular weight excluding hydrogens is 228 g/mol. The molecule has 0 saturated heterocycles. The van der Waals surface area contributed by atoms with E-state index in [2.05, 4.69) is 11.4 Å². The van der Waals surface area contributed by atoms with Crippen LogP contribution in [-0.2, 0) is 5.54 Å². The van der Waals surface area contributed by atoms with Crippen LogP contribution in [0.5, 0.6) is 5.75 Å². The van der Waals surface area contributed by atoms with Gasteiger partial charge in [0.2, 0.25) is 0 Å². The van der Waals surface area contributed by atoms with Gasteiger partial charge in [0.05, 0.1) is 12.7 Å². The normalized spacial score (nSPS) is 25.9. The van der Waals surface area contributed by atoms with Crippen molar-refractivity contribution in [2.45, 2.75) is 18.9 Å². The zero-order valence-electron chi connectivity index (χ0n) is 10.5. The molecule has 2 rings (SSSR count). The van der Waals surface area contributed by atoms with E-state index in [9.17, 15) is 5.26 Å². The van der Waals surface area contributed by atoms with Gasteiger partial charge in [-0.25, -0.2) is 0 Å². The molecule has 2 atom stereocenters. The molecule has 1 aromatic rings. The Morgan fingerprint density at radius 2 is 2.33 bits per heavy atom. The van der Waals surface area contributed by atoms with Crippen molar-refractivity contribution in [3.63, 3.8) is 0 Å². The van der Waals surface area contributed by atoms with E-state index in [-0.39, 0.29) is 12.5 Å². The minimum atomic E-state index is -0.718. The molecule has 1 heterocycles. The molecule has 2 unspecified atom stereocenters. The molecular formula is C14H18N2O2. The molecule has 1 aliphatic rings. The molecule has 18 heavy (non-hydrogen) atoms. The number of nitrogens with one attached hydrogen (secondary N) is 1. The van der Waals surface area contributed by atoms with E-state index in [1.807, 2.05) is 31.2 Å². The Kier molecular flexibility index (Phi) is 3.85. The Morgan fingerprint density at radius 1 is 1.56 bits per heavy atom. The molecule has 0 radical (unpaired) electrons. The van der Waals surface area contributed by atoms with Crippen LogP contribution in [-0.4, -0.2) is 24.9 Å². The predicted octanol–water partition coefficient (Wildman–Crippen LogP) is 1.41. The van der Waals surface area contributed by atoms with Crippen LogP contribution in [0.25, 0.3) is 0 Å². The number of fused-ring (bicyclic) bond motifs is 1. The first-order valence-electron chi connectivity index (χ1n) is 6.24. The standard InChI is InChI=1S/C14H18N2O2/c1-11-9-18-13-6-3-2-5-12(13)14(11,10-15)16-7-4-8-17/h2-3,5-6,11,16-17H,4,7-9H2,1H3. The highest BCUT2D eigenvalue weighted by Crippen LogP contribution is 2.39. The quantitative estimate of drug-likeness (QED) is 0.788. The Morgan fingerprint density at radius 3 is 3.06 bits per heavy atom. The fraction of sp³-hybridized carbons (Fsp3) is 0.500. The van der Waals surface area contributed by atoms with Crippen LogP contribution in [0.1, 0.15) is 18.9 Å². The first kappa shape index (κ1) is 12.9. The van der Waals surface area contributed by atoms with Crippen molar-refractivity contribution in [3.05, 3.63) is 29.8 Å². The Balaban J connectivity index is 2.35. The maximum Gasteiger partial charge on any atom is 0.141 e. The van der Waals surface area contributed by atoms with Crippen molar-refractivity contribution < 1.29 is 9.84 Å². The van der Waals surface area contributed by atoms with Crippen LogP contribution in [0, 0.1) is 17.2 Å². The summed E-state index contributed by atoms with van der Waals surface area (Å²) in [5, 5.41) is 21.8. The van der Waals surface area contributed by atoms with Crippen molar-refractivity contribution >= 4 is 0 Å². The molecule has 0 aromatic heterocycles. The average molecular weight is 246 g/mol. The number of benzene rings is 1. The number of aliphatic hydroxyl groups excluding tert-OH is 1. The fourth-order valence-corrected chi connectivity index (χ4v) is 2.37. The molecule has 0 spiro atoms. The Bertz CT molecular complexity index is 455. The molecule has 0 aliphatic carbocycles. The van der Waals surface area contributed by atoms with E-state index in [4.69, 9.17) is 9.84 Å². The number of para-hydroxylation sites is 1. The summed E-state index contributed by atoms with van der Waals surface area (Å²) in [5.74, 6) is 0.838. The van der Waals surface area contributed by atoms with Gasteiger partial charge in [-0.3, -0.25) is 5.32 Å². The van der Waals surface area contributed by atoms with E-state index >= 15 is 0 Å². The van der Waals surface area contributed by atoms with Crippen LogP contribution in [0.2, 0.25) is 0 Å². The largest absolute Gasteiger partial charge is 0.493 e. The number of nitriles is 1. The monoisotopic (exact) mass is 246 g/mol. The summed E-state index contributed by atoms with van der Waals surface area (Å²) >= 11 is 0. The lowest BCUT2D eigenvalue weighted by Gasteiger charge is -2.39. The van der Waals surface area contributed by atoms with Crippen LogP contribution in [0.4, 0.5) is 0 Å². The van der Waals surface area contributed by atoms with Gasteiger partial charge in [0.15, 0.2) is 0 Å². The Hall–Kier alpha value is -1.57. The van der Waals surface area contributed by atoms with E-state index in [1.165, 1.54) is 0 Å². The molecule has 0 amide bonds. The van der Waals surface area contributed by atoms with Crippen molar-refractivity contribution in [1.82, 2.24) is 5.32 Å².